The predicted molar refractivity (Wildman–Crippen MR) is 183 cm³/mol. The number of allylic oxidation sites excluding steroid dienone is 2. The fourth-order valence-corrected chi connectivity index (χ4v) is 5.59. The predicted octanol–water partition coefficient (Wildman–Crippen LogP) is 6.44. The molecule has 0 radical (unpaired) electrons. The van der Waals surface area contributed by atoms with Crippen LogP contribution in [0.15, 0.2) is 12.2 Å². The minimum atomic E-state index is -1.59. The minimum Gasteiger partial charge on any atom is -0.462 e. The van der Waals surface area contributed by atoms with Crippen molar-refractivity contribution in [2.24, 2.45) is 0 Å². The number of hydrogen-bond acceptors (Lipinski definition) is 10. The maximum atomic E-state index is 12.6. The van der Waals surface area contributed by atoms with Gasteiger partial charge in [-0.25, -0.2) is 0 Å². The van der Waals surface area contributed by atoms with Gasteiger partial charge in [0.15, 0.2) is 12.4 Å². The maximum absolute atomic E-state index is 12.6. The summed E-state index contributed by atoms with van der Waals surface area (Å²) in [5.74, 6) is -0.829. The summed E-state index contributed by atoms with van der Waals surface area (Å²) in [5, 5.41) is 39.7. The highest BCUT2D eigenvalue weighted by molar-refractivity contribution is 5.70. The molecule has 0 spiro atoms. The van der Waals surface area contributed by atoms with E-state index in [-0.39, 0.29) is 26.1 Å². The number of unbranched alkanes of at least 4 members (excludes halogenated alkanes) is 17. The molecule has 1 aliphatic heterocycles. The second kappa shape index (κ2) is 29.4. The first-order valence-electron chi connectivity index (χ1n) is 18.8. The Morgan fingerprint density at radius 1 is 0.638 bits per heavy atom. The van der Waals surface area contributed by atoms with Crippen LogP contribution in [0.4, 0.5) is 0 Å². The van der Waals surface area contributed by atoms with Gasteiger partial charge >= 0.3 is 11.9 Å². The Kier molecular flexibility index (Phi) is 27.2. The van der Waals surface area contributed by atoms with Crippen LogP contribution in [0.25, 0.3) is 0 Å². The highest BCUT2D eigenvalue weighted by Crippen LogP contribution is 2.22. The number of carbonyl (C=O) groups excluding carboxylic acids is 2. The van der Waals surface area contributed by atoms with Crippen LogP contribution in [0, 0.1) is 0 Å². The van der Waals surface area contributed by atoms with E-state index in [1.54, 1.807) is 0 Å². The topological polar surface area (TPSA) is 152 Å². The third-order valence-electron chi connectivity index (χ3n) is 8.65. The zero-order chi connectivity index (χ0) is 34.5. The number of carbonyl (C=O) groups is 2. The Hall–Kier alpha value is -1.56. The van der Waals surface area contributed by atoms with Crippen LogP contribution in [0.3, 0.4) is 0 Å². The summed E-state index contributed by atoms with van der Waals surface area (Å²) < 4.78 is 21.8. The molecular weight excluding hydrogens is 604 g/mol. The van der Waals surface area contributed by atoms with Crippen molar-refractivity contribution in [2.75, 3.05) is 19.8 Å². The van der Waals surface area contributed by atoms with Crippen LogP contribution in [0.1, 0.15) is 155 Å². The molecule has 0 aromatic heterocycles. The standard InChI is InChI=1S/C37H68O10/c1-3-5-7-9-10-11-12-13-14-15-16-17-18-19-20-21-22-24-26-33(40)46-30(28-44-32(39)25-23-8-6-4-2)29-45-37-36(43)35(42)34(41)31(27-38)47-37/h14-15,30-31,34-38,41-43H,3-13,16-29H2,1-2H3/b15-14-. The van der Waals surface area contributed by atoms with Gasteiger partial charge in [0.2, 0.25) is 0 Å². The van der Waals surface area contributed by atoms with Crippen LogP contribution in [0.2, 0.25) is 0 Å². The number of ether oxygens (including phenoxy) is 4. The zero-order valence-corrected chi connectivity index (χ0v) is 29.5. The first kappa shape index (κ1) is 43.5. The van der Waals surface area contributed by atoms with Gasteiger partial charge in [-0.2, -0.15) is 0 Å². The van der Waals surface area contributed by atoms with Gasteiger partial charge in [-0.15, -0.1) is 0 Å². The third-order valence-corrected chi connectivity index (χ3v) is 8.65. The van der Waals surface area contributed by atoms with Crippen molar-refractivity contribution < 1.29 is 49.0 Å². The van der Waals surface area contributed by atoms with Crippen molar-refractivity contribution in [1.82, 2.24) is 0 Å². The van der Waals surface area contributed by atoms with Crippen LogP contribution in [-0.4, -0.2) is 89.0 Å². The molecule has 1 fully saturated rings. The second-order valence-electron chi connectivity index (χ2n) is 13.0. The molecule has 0 aromatic rings. The normalized spacial score (nSPS) is 22.0. The number of aliphatic hydroxyl groups excluding tert-OH is 4. The molecule has 276 valence electrons. The first-order chi connectivity index (χ1) is 22.8. The largest absolute Gasteiger partial charge is 0.462 e. The highest BCUT2D eigenvalue weighted by Gasteiger charge is 2.44. The molecule has 6 atom stereocenters. The molecule has 6 unspecified atom stereocenters. The molecule has 0 saturated carbocycles. The Morgan fingerprint density at radius 3 is 1.68 bits per heavy atom. The number of rotatable bonds is 30. The fourth-order valence-electron chi connectivity index (χ4n) is 5.59. The molecule has 0 bridgehead atoms. The summed E-state index contributed by atoms with van der Waals surface area (Å²) in [6.07, 6.45) is 20.0. The summed E-state index contributed by atoms with van der Waals surface area (Å²) in [5.41, 5.74) is 0. The number of aliphatic hydroxyl groups is 4. The maximum Gasteiger partial charge on any atom is 0.306 e. The monoisotopic (exact) mass is 672 g/mol. The van der Waals surface area contributed by atoms with E-state index in [0.717, 1.165) is 51.4 Å². The van der Waals surface area contributed by atoms with Gasteiger partial charge in [0.05, 0.1) is 13.2 Å². The van der Waals surface area contributed by atoms with Gasteiger partial charge in [-0.1, -0.05) is 116 Å². The van der Waals surface area contributed by atoms with Crippen molar-refractivity contribution in [3.05, 3.63) is 12.2 Å². The van der Waals surface area contributed by atoms with E-state index >= 15 is 0 Å². The SMILES string of the molecule is CCCCCCCCC/C=C\CCCCCCCCCC(=O)OC(COC(=O)CCCCCC)COC1OC(CO)C(O)C(O)C1O. The molecule has 1 aliphatic rings. The van der Waals surface area contributed by atoms with Gasteiger partial charge in [0.1, 0.15) is 31.0 Å². The molecule has 1 heterocycles. The summed E-state index contributed by atoms with van der Waals surface area (Å²) in [6, 6.07) is 0. The van der Waals surface area contributed by atoms with E-state index in [2.05, 4.69) is 26.0 Å². The van der Waals surface area contributed by atoms with Gasteiger partial charge in [0.25, 0.3) is 0 Å². The Bertz CT molecular complexity index is 789. The Labute approximate surface area is 284 Å². The van der Waals surface area contributed by atoms with E-state index in [1.807, 2.05) is 0 Å². The lowest BCUT2D eigenvalue weighted by molar-refractivity contribution is -0.305. The van der Waals surface area contributed by atoms with E-state index in [1.165, 1.54) is 70.6 Å². The summed E-state index contributed by atoms with van der Waals surface area (Å²) in [6.45, 7) is 3.27. The molecule has 10 heteroatoms. The van der Waals surface area contributed by atoms with Crippen molar-refractivity contribution in [1.29, 1.82) is 0 Å². The van der Waals surface area contributed by atoms with Crippen molar-refractivity contribution in [3.8, 4) is 0 Å². The molecule has 0 aromatic carbocycles. The Morgan fingerprint density at radius 2 is 1.13 bits per heavy atom. The third kappa shape index (κ3) is 21.9. The van der Waals surface area contributed by atoms with Gasteiger partial charge in [-0.3, -0.25) is 9.59 Å². The van der Waals surface area contributed by atoms with Gasteiger partial charge < -0.3 is 39.4 Å². The van der Waals surface area contributed by atoms with Crippen LogP contribution >= 0.6 is 0 Å². The zero-order valence-electron chi connectivity index (χ0n) is 29.5. The summed E-state index contributed by atoms with van der Waals surface area (Å²) in [7, 11) is 0. The van der Waals surface area contributed by atoms with Crippen molar-refractivity contribution >= 4 is 11.9 Å². The first-order valence-corrected chi connectivity index (χ1v) is 18.8. The molecule has 0 aliphatic carbocycles. The molecule has 10 nitrogen and oxygen atoms in total. The van der Waals surface area contributed by atoms with Crippen molar-refractivity contribution in [3.63, 3.8) is 0 Å². The number of hydrogen-bond donors (Lipinski definition) is 4. The minimum absolute atomic E-state index is 0.218. The molecule has 1 saturated heterocycles. The average Bonchev–Trinajstić information content (AvgIpc) is 3.07. The summed E-state index contributed by atoms with van der Waals surface area (Å²) >= 11 is 0. The lowest BCUT2D eigenvalue weighted by Gasteiger charge is -2.39. The lowest BCUT2D eigenvalue weighted by Crippen LogP contribution is -2.59. The van der Waals surface area contributed by atoms with Crippen LogP contribution in [-0.2, 0) is 28.5 Å². The van der Waals surface area contributed by atoms with E-state index in [9.17, 15) is 30.0 Å². The lowest BCUT2D eigenvalue weighted by atomic mass is 9.99. The molecule has 4 N–H and O–H groups in total. The Balaban J connectivity index is 2.29. The quantitative estimate of drug-likeness (QED) is 0.0381. The smallest absolute Gasteiger partial charge is 0.306 e. The summed E-state index contributed by atoms with van der Waals surface area (Å²) in [4.78, 5) is 24.8. The second-order valence-corrected chi connectivity index (χ2v) is 13.0. The average molecular weight is 673 g/mol. The van der Waals surface area contributed by atoms with Crippen LogP contribution in [0.5, 0.6) is 0 Å². The molecule has 0 amide bonds. The molecule has 47 heavy (non-hydrogen) atoms. The molecular formula is C37H68O10. The fraction of sp³-hybridized carbons (Fsp3) is 0.892. The van der Waals surface area contributed by atoms with Crippen LogP contribution < -0.4 is 0 Å². The van der Waals surface area contributed by atoms with E-state index in [4.69, 9.17) is 18.9 Å². The van der Waals surface area contributed by atoms with Gasteiger partial charge in [0, 0.05) is 12.8 Å². The van der Waals surface area contributed by atoms with Crippen molar-refractivity contribution in [2.45, 2.75) is 192 Å². The highest BCUT2D eigenvalue weighted by atomic mass is 16.7. The molecule has 1 rings (SSSR count). The number of esters is 2. The van der Waals surface area contributed by atoms with E-state index < -0.39 is 55.4 Å². The van der Waals surface area contributed by atoms with E-state index in [0.29, 0.717) is 6.42 Å². The van der Waals surface area contributed by atoms with Gasteiger partial charge in [-0.05, 0) is 38.5 Å².